The van der Waals surface area contributed by atoms with Gasteiger partial charge in [-0.05, 0) is 31.9 Å². The number of rotatable bonds is 3. The molecule has 1 aromatic rings. The summed E-state index contributed by atoms with van der Waals surface area (Å²) in [4.78, 5) is 17.8. The van der Waals surface area contributed by atoms with Gasteiger partial charge < -0.3 is 10.0 Å². The maximum atomic E-state index is 11.5. The standard InChI is InChI=1S/C14H18N2O4S/c1-10-11(16-6-8-21(19,20)9-7-16)2-3-12(15-10)14(4-5-14)13(17)18/h2-3H,4-9H2,1H3,(H,17,18). The third-order valence-electron chi connectivity index (χ3n) is 4.39. The van der Waals surface area contributed by atoms with Gasteiger partial charge in [-0.1, -0.05) is 0 Å². The van der Waals surface area contributed by atoms with Crippen molar-refractivity contribution in [1.29, 1.82) is 0 Å². The van der Waals surface area contributed by atoms with Gasteiger partial charge in [0, 0.05) is 13.1 Å². The molecular weight excluding hydrogens is 292 g/mol. The first-order valence-electron chi connectivity index (χ1n) is 7.01. The highest BCUT2D eigenvalue weighted by atomic mass is 32.2. The highest BCUT2D eigenvalue weighted by Gasteiger charge is 2.53. The van der Waals surface area contributed by atoms with E-state index in [0.717, 1.165) is 11.4 Å². The predicted octanol–water partition coefficient (Wildman–Crippen LogP) is 0.741. The summed E-state index contributed by atoms with van der Waals surface area (Å²) in [7, 11) is -2.91. The number of carboxylic acids is 1. The molecule has 114 valence electrons. The molecule has 1 N–H and O–H groups in total. The van der Waals surface area contributed by atoms with E-state index in [1.54, 1.807) is 6.07 Å². The number of hydrogen-bond acceptors (Lipinski definition) is 5. The zero-order chi connectivity index (χ0) is 15.3. The number of sulfone groups is 1. The molecule has 0 aromatic carbocycles. The summed E-state index contributed by atoms with van der Waals surface area (Å²) in [6.45, 7) is 2.78. The van der Waals surface area contributed by atoms with Crippen LogP contribution in [0.3, 0.4) is 0 Å². The summed E-state index contributed by atoms with van der Waals surface area (Å²) >= 11 is 0. The zero-order valence-corrected chi connectivity index (χ0v) is 12.7. The Bertz CT molecular complexity index is 681. The molecule has 0 radical (unpaired) electrons. The Morgan fingerprint density at radius 1 is 1.29 bits per heavy atom. The Labute approximate surface area is 123 Å². The number of aliphatic carboxylic acids is 1. The zero-order valence-electron chi connectivity index (χ0n) is 11.9. The fourth-order valence-corrected chi connectivity index (χ4v) is 4.01. The molecule has 7 heteroatoms. The second-order valence-electron chi connectivity index (χ2n) is 5.83. The van der Waals surface area contributed by atoms with Gasteiger partial charge in [-0.3, -0.25) is 9.78 Å². The maximum Gasteiger partial charge on any atom is 0.315 e. The third kappa shape index (κ3) is 2.50. The van der Waals surface area contributed by atoms with E-state index < -0.39 is 21.2 Å². The average Bonchev–Trinajstić information content (AvgIpc) is 3.21. The van der Waals surface area contributed by atoms with E-state index in [9.17, 15) is 18.3 Å². The monoisotopic (exact) mass is 310 g/mol. The lowest BCUT2D eigenvalue weighted by Crippen LogP contribution is -2.40. The fraction of sp³-hybridized carbons (Fsp3) is 0.571. The largest absolute Gasteiger partial charge is 0.481 e. The third-order valence-corrected chi connectivity index (χ3v) is 6.00. The molecule has 21 heavy (non-hydrogen) atoms. The Hall–Kier alpha value is -1.63. The lowest BCUT2D eigenvalue weighted by Gasteiger charge is -2.30. The molecule has 6 nitrogen and oxygen atoms in total. The molecule has 1 aromatic heterocycles. The van der Waals surface area contributed by atoms with Crippen LogP contribution in [0.1, 0.15) is 24.2 Å². The van der Waals surface area contributed by atoms with Crippen LogP contribution in [0.25, 0.3) is 0 Å². The van der Waals surface area contributed by atoms with Crippen molar-refractivity contribution in [3.63, 3.8) is 0 Å². The average molecular weight is 310 g/mol. The number of carbonyl (C=O) groups is 1. The van der Waals surface area contributed by atoms with Crippen molar-refractivity contribution in [2.45, 2.75) is 25.2 Å². The molecular formula is C14H18N2O4S. The summed E-state index contributed by atoms with van der Waals surface area (Å²) in [6, 6.07) is 3.64. The number of hydrogen-bond donors (Lipinski definition) is 1. The molecule has 2 aliphatic rings. The van der Waals surface area contributed by atoms with Gasteiger partial charge in [0.1, 0.15) is 5.41 Å². The first kappa shape index (κ1) is 14.3. The van der Waals surface area contributed by atoms with Crippen LogP contribution >= 0.6 is 0 Å². The summed E-state index contributed by atoms with van der Waals surface area (Å²) in [5, 5.41) is 9.31. The molecule has 0 unspecified atom stereocenters. The fourth-order valence-electron chi connectivity index (χ4n) is 2.81. The van der Waals surface area contributed by atoms with Crippen molar-refractivity contribution in [2.75, 3.05) is 29.5 Å². The Kier molecular flexibility index (Phi) is 3.20. The Balaban J connectivity index is 1.84. The maximum absolute atomic E-state index is 11.5. The predicted molar refractivity (Wildman–Crippen MR) is 78.4 cm³/mol. The molecule has 1 saturated carbocycles. The molecule has 2 heterocycles. The van der Waals surface area contributed by atoms with Gasteiger partial charge in [-0.2, -0.15) is 0 Å². The van der Waals surface area contributed by atoms with E-state index in [1.165, 1.54) is 0 Å². The highest BCUT2D eigenvalue weighted by molar-refractivity contribution is 7.91. The van der Waals surface area contributed by atoms with Crippen molar-refractivity contribution in [1.82, 2.24) is 4.98 Å². The van der Waals surface area contributed by atoms with Gasteiger partial charge in [0.25, 0.3) is 0 Å². The number of carboxylic acid groups (broad SMARTS) is 1. The molecule has 0 atom stereocenters. The van der Waals surface area contributed by atoms with E-state index in [-0.39, 0.29) is 11.5 Å². The highest BCUT2D eigenvalue weighted by Crippen LogP contribution is 2.48. The minimum absolute atomic E-state index is 0.160. The minimum Gasteiger partial charge on any atom is -0.481 e. The molecule has 0 bridgehead atoms. The summed E-state index contributed by atoms with van der Waals surface area (Å²) < 4.78 is 22.9. The van der Waals surface area contributed by atoms with Crippen LogP contribution in [0.4, 0.5) is 5.69 Å². The van der Waals surface area contributed by atoms with Crippen LogP contribution in [0.2, 0.25) is 0 Å². The molecule has 1 aliphatic heterocycles. The van der Waals surface area contributed by atoms with E-state index in [0.29, 0.717) is 31.6 Å². The van der Waals surface area contributed by atoms with Crippen LogP contribution < -0.4 is 4.90 Å². The number of pyridine rings is 1. The Morgan fingerprint density at radius 2 is 1.90 bits per heavy atom. The van der Waals surface area contributed by atoms with Crippen molar-refractivity contribution in [2.24, 2.45) is 0 Å². The van der Waals surface area contributed by atoms with Crippen LogP contribution in [0.5, 0.6) is 0 Å². The van der Waals surface area contributed by atoms with E-state index >= 15 is 0 Å². The lowest BCUT2D eigenvalue weighted by molar-refractivity contribution is -0.140. The van der Waals surface area contributed by atoms with Crippen LogP contribution in [0, 0.1) is 6.92 Å². The van der Waals surface area contributed by atoms with Crippen molar-refractivity contribution < 1.29 is 18.3 Å². The lowest BCUT2D eigenvalue weighted by atomic mass is 10.0. The minimum atomic E-state index is -2.91. The number of nitrogens with zero attached hydrogens (tertiary/aromatic N) is 2. The number of anilines is 1. The van der Waals surface area contributed by atoms with Gasteiger partial charge in [0.05, 0.1) is 28.6 Å². The van der Waals surface area contributed by atoms with E-state index in [2.05, 4.69) is 4.98 Å². The van der Waals surface area contributed by atoms with Gasteiger partial charge >= 0.3 is 5.97 Å². The summed E-state index contributed by atoms with van der Waals surface area (Å²) in [5.41, 5.74) is 1.48. The van der Waals surface area contributed by atoms with Gasteiger partial charge in [0.15, 0.2) is 9.84 Å². The van der Waals surface area contributed by atoms with E-state index in [1.807, 2.05) is 17.9 Å². The van der Waals surface area contributed by atoms with Crippen molar-refractivity contribution in [3.05, 3.63) is 23.5 Å². The van der Waals surface area contributed by atoms with E-state index in [4.69, 9.17) is 0 Å². The molecule has 0 amide bonds. The molecule has 1 aliphatic carbocycles. The van der Waals surface area contributed by atoms with Gasteiger partial charge in [-0.25, -0.2) is 8.42 Å². The normalized spacial score (nSPS) is 22.8. The SMILES string of the molecule is Cc1nc(C2(C(=O)O)CC2)ccc1N1CCS(=O)(=O)CC1. The first-order chi connectivity index (χ1) is 9.84. The van der Waals surface area contributed by atoms with Crippen molar-refractivity contribution >= 4 is 21.5 Å². The molecule has 0 spiro atoms. The first-order valence-corrected chi connectivity index (χ1v) is 8.83. The second kappa shape index (κ2) is 4.69. The topological polar surface area (TPSA) is 87.6 Å². The van der Waals surface area contributed by atoms with Crippen LogP contribution in [0.15, 0.2) is 12.1 Å². The van der Waals surface area contributed by atoms with Crippen molar-refractivity contribution in [3.8, 4) is 0 Å². The molecule has 3 rings (SSSR count). The van der Waals surface area contributed by atoms with Crippen LogP contribution in [-0.4, -0.2) is 49.1 Å². The van der Waals surface area contributed by atoms with Gasteiger partial charge in [-0.15, -0.1) is 0 Å². The smallest absolute Gasteiger partial charge is 0.315 e. The number of aryl methyl sites for hydroxylation is 1. The molecule has 2 fully saturated rings. The summed E-state index contributed by atoms with van der Waals surface area (Å²) in [5.74, 6) is -0.494. The molecule has 1 saturated heterocycles. The van der Waals surface area contributed by atoms with Gasteiger partial charge in [0.2, 0.25) is 0 Å². The van der Waals surface area contributed by atoms with Crippen LogP contribution in [-0.2, 0) is 20.0 Å². The quantitative estimate of drug-likeness (QED) is 0.886. The summed E-state index contributed by atoms with van der Waals surface area (Å²) in [6.07, 6.45) is 1.27. The number of aromatic nitrogens is 1. The second-order valence-corrected chi connectivity index (χ2v) is 8.13. The Morgan fingerprint density at radius 3 is 2.38 bits per heavy atom.